The van der Waals surface area contributed by atoms with E-state index in [1.54, 1.807) is 0 Å². The fraction of sp³-hybridized carbons (Fsp3) is 0.348. The summed E-state index contributed by atoms with van der Waals surface area (Å²) in [5.74, 6) is 1.72. The standard InChI is InChI=1S/C23H22ClN3O4.Na/c24-16-6-7-18-17(10-16)22(25-11-13-1-8-19-20(9-13)31-12-30-19)27-21(26-18)14-2-4-15(5-3-14)23(28)29;/h1,6-10,14-15H,2-5,11-12H2,(H,28,29)(H,25,26,27);/q;+1/p-1. The Kier molecular flexibility index (Phi) is 7.10. The maximum atomic E-state index is 11.2. The van der Waals surface area contributed by atoms with Gasteiger partial charge in [-0.2, -0.15) is 0 Å². The number of benzene rings is 2. The zero-order chi connectivity index (χ0) is 21.4. The summed E-state index contributed by atoms with van der Waals surface area (Å²) in [6.07, 6.45) is 2.66. The molecule has 1 aliphatic carbocycles. The molecule has 7 nitrogen and oxygen atoms in total. The van der Waals surface area contributed by atoms with Crippen LogP contribution in [-0.4, -0.2) is 22.7 Å². The number of halogens is 1. The van der Waals surface area contributed by atoms with Crippen molar-refractivity contribution in [2.75, 3.05) is 12.1 Å². The van der Waals surface area contributed by atoms with Crippen molar-refractivity contribution in [1.29, 1.82) is 0 Å². The molecule has 32 heavy (non-hydrogen) atoms. The SMILES string of the molecule is O=C([O-])C1CCC(c2nc(NCc3ccc4c(c3)OCO4)c3cc(Cl)ccc3n2)CC1.[Na+]. The number of aliphatic carboxylic acids is 1. The molecule has 9 heteroatoms. The first kappa shape index (κ1) is 23.1. The molecule has 0 bridgehead atoms. The minimum atomic E-state index is -0.960. The van der Waals surface area contributed by atoms with Gasteiger partial charge in [-0.1, -0.05) is 17.7 Å². The first-order chi connectivity index (χ1) is 15.1. The predicted molar refractivity (Wildman–Crippen MR) is 114 cm³/mol. The van der Waals surface area contributed by atoms with E-state index in [0.29, 0.717) is 30.2 Å². The molecule has 0 radical (unpaired) electrons. The predicted octanol–water partition coefficient (Wildman–Crippen LogP) is 0.652. The van der Waals surface area contributed by atoms with Crippen LogP contribution in [0.1, 0.15) is 43.0 Å². The van der Waals surface area contributed by atoms with Gasteiger partial charge < -0.3 is 24.7 Å². The molecular weight excluding hydrogens is 441 g/mol. The number of carboxylic acids is 1. The van der Waals surface area contributed by atoms with E-state index in [4.69, 9.17) is 31.0 Å². The Morgan fingerprint density at radius 2 is 1.84 bits per heavy atom. The maximum Gasteiger partial charge on any atom is 1.00 e. The third kappa shape index (κ3) is 4.81. The molecule has 0 saturated heterocycles. The molecule has 1 aliphatic heterocycles. The van der Waals surface area contributed by atoms with Gasteiger partial charge in [0.05, 0.1) is 5.52 Å². The molecular formula is C23H21ClN3NaO4. The minimum absolute atomic E-state index is 0. The van der Waals surface area contributed by atoms with Crippen molar-refractivity contribution in [3.63, 3.8) is 0 Å². The zero-order valence-electron chi connectivity index (χ0n) is 17.8. The minimum Gasteiger partial charge on any atom is -0.550 e. The second kappa shape index (κ2) is 9.83. The maximum absolute atomic E-state index is 11.2. The van der Waals surface area contributed by atoms with Crippen molar-refractivity contribution < 1.29 is 48.9 Å². The number of ether oxygens (including phenoxy) is 2. The number of aromatic nitrogens is 2. The summed E-state index contributed by atoms with van der Waals surface area (Å²) in [6.45, 7) is 0.789. The van der Waals surface area contributed by atoms with Gasteiger partial charge in [0.2, 0.25) is 6.79 Å². The van der Waals surface area contributed by atoms with Gasteiger partial charge in [0.15, 0.2) is 11.5 Å². The van der Waals surface area contributed by atoms with Gasteiger partial charge in [-0.05, 0) is 67.5 Å². The van der Waals surface area contributed by atoms with Crippen molar-refractivity contribution in [3.8, 4) is 11.5 Å². The normalized spacial score (nSPS) is 19.4. The van der Waals surface area contributed by atoms with Gasteiger partial charge in [0, 0.05) is 28.8 Å². The number of hydrogen-bond donors (Lipinski definition) is 1. The number of nitrogens with zero attached hydrogens (tertiary/aromatic N) is 2. The van der Waals surface area contributed by atoms with Crippen LogP contribution in [0.3, 0.4) is 0 Å². The monoisotopic (exact) mass is 461 g/mol. The van der Waals surface area contributed by atoms with E-state index >= 15 is 0 Å². The molecule has 1 fully saturated rings. The molecule has 2 heterocycles. The van der Waals surface area contributed by atoms with E-state index in [0.717, 1.165) is 46.6 Å². The summed E-state index contributed by atoms with van der Waals surface area (Å²) in [4.78, 5) is 20.8. The molecule has 1 N–H and O–H groups in total. The van der Waals surface area contributed by atoms with Crippen molar-refractivity contribution in [2.45, 2.75) is 38.1 Å². The Balaban J connectivity index is 0.00000245. The molecule has 0 atom stereocenters. The molecule has 0 spiro atoms. The van der Waals surface area contributed by atoms with Crippen LogP contribution in [0.2, 0.25) is 5.02 Å². The Hall–Kier alpha value is -2.06. The molecule has 1 aromatic heterocycles. The van der Waals surface area contributed by atoms with E-state index in [2.05, 4.69) is 5.32 Å². The summed E-state index contributed by atoms with van der Waals surface area (Å²) in [7, 11) is 0. The zero-order valence-corrected chi connectivity index (χ0v) is 20.5. The Morgan fingerprint density at radius 3 is 2.62 bits per heavy atom. The number of carbonyl (C=O) groups excluding carboxylic acids is 1. The van der Waals surface area contributed by atoms with Gasteiger partial charge >= 0.3 is 29.6 Å². The molecule has 5 rings (SSSR count). The van der Waals surface area contributed by atoms with Crippen LogP contribution in [0, 0.1) is 5.92 Å². The van der Waals surface area contributed by atoms with Crippen molar-refractivity contribution >= 4 is 34.3 Å². The third-order valence-corrected chi connectivity index (χ3v) is 6.23. The van der Waals surface area contributed by atoms with Crippen molar-refractivity contribution in [2.24, 2.45) is 5.92 Å². The van der Waals surface area contributed by atoms with Gasteiger partial charge in [-0.15, -0.1) is 0 Å². The van der Waals surface area contributed by atoms with Gasteiger partial charge in [0.25, 0.3) is 0 Å². The van der Waals surface area contributed by atoms with Crippen molar-refractivity contribution in [1.82, 2.24) is 9.97 Å². The molecule has 3 aromatic rings. The average Bonchev–Trinajstić information content (AvgIpc) is 3.25. The Bertz CT molecular complexity index is 1150. The fourth-order valence-electron chi connectivity index (χ4n) is 4.26. The first-order valence-electron chi connectivity index (χ1n) is 10.4. The second-order valence-electron chi connectivity index (χ2n) is 8.00. The van der Waals surface area contributed by atoms with Crippen molar-refractivity contribution in [3.05, 3.63) is 52.8 Å². The summed E-state index contributed by atoms with van der Waals surface area (Å²) in [6, 6.07) is 11.4. The van der Waals surface area contributed by atoms with E-state index in [9.17, 15) is 9.90 Å². The third-order valence-electron chi connectivity index (χ3n) is 6.00. The number of carboxylic acid groups (broad SMARTS) is 1. The number of fused-ring (bicyclic) bond motifs is 2. The summed E-state index contributed by atoms with van der Waals surface area (Å²) in [5, 5.41) is 16.0. The summed E-state index contributed by atoms with van der Waals surface area (Å²) >= 11 is 6.23. The van der Waals surface area contributed by atoms with Gasteiger partial charge in [-0.3, -0.25) is 0 Å². The number of carbonyl (C=O) groups is 1. The Morgan fingerprint density at radius 1 is 1.06 bits per heavy atom. The van der Waals surface area contributed by atoms with E-state index in [1.165, 1.54) is 0 Å². The molecule has 1 saturated carbocycles. The van der Waals surface area contributed by atoms with Gasteiger partial charge in [-0.25, -0.2) is 9.97 Å². The quantitative estimate of drug-likeness (QED) is 0.557. The van der Waals surface area contributed by atoms with Crippen LogP contribution in [0.25, 0.3) is 10.9 Å². The van der Waals surface area contributed by atoms with Crippen LogP contribution < -0.4 is 49.5 Å². The number of anilines is 1. The van der Waals surface area contributed by atoms with E-state index in [-0.39, 0.29) is 48.2 Å². The summed E-state index contributed by atoms with van der Waals surface area (Å²) < 4.78 is 10.8. The fourth-order valence-corrected chi connectivity index (χ4v) is 4.43. The van der Waals surface area contributed by atoms with Gasteiger partial charge in [0.1, 0.15) is 11.6 Å². The second-order valence-corrected chi connectivity index (χ2v) is 8.44. The van der Waals surface area contributed by atoms with Crippen LogP contribution in [0.5, 0.6) is 11.5 Å². The van der Waals surface area contributed by atoms with Crippen LogP contribution in [-0.2, 0) is 11.3 Å². The van der Waals surface area contributed by atoms with E-state index in [1.807, 2.05) is 36.4 Å². The molecule has 160 valence electrons. The van der Waals surface area contributed by atoms with Crippen LogP contribution in [0.15, 0.2) is 36.4 Å². The first-order valence-corrected chi connectivity index (χ1v) is 10.7. The molecule has 2 aromatic carbocycles. The number of hydrogen-bond acceptors (Lipinski definition) is 7. The smallest absolute Gasteiger partial charge is 0.550 e. The molecule has 2 aliphatic rings. The molecule has 0 unspecified atom stereocenters. The largest absolute Gasteiger partial charge is 1.00 e. The number of rotatable bonds is 5. The Labute approximate surface area is 212 Å². The number of nitrogens with one attached hydrogen (secondary N) is 1. The summed E-state index contributed by atoms with van der Waals surface area (Å²) in [5.41, 5.74) is 1.85. The molecule has 0 amide bonds. The van der Waals surface area contributed by atoms with Crippen LogP contribution >= 0.6 is 11.6 Å². The topological polar surface area (TPSA) is 96.4 Å². The van der Waals surface area contributed by atoms with E-state index < -0.39 is 5.97 Å². The van der Waals surface area contributed by atoms with Crippen LogP contribution in [0.4, 0.5) is 5.82 Å². The average molecular weight is 462 g/mol.